The fraction of sp³-hybridized carbons (Fsp3) is 0.538. The van der Waals surface area contributed by atoms with Gasteiger partial charge >= 0.3 is 0 Å². The zero-order valence-electron chi connectivity index (χ0n) is 9.47. The standard InChI is InChI=1S/C13H17F2N/c1-9-5-6-11(14)10(8-9)13(15)12-4-2-3-7-16-12/h5-6,8,12-13,16H,2-4,7H2,1H3. The molecule has 0 radical (unpaired) electrons. The first kappa shape index (κ1) is 11.5. The molecule has 1 aliphatic heterocycles. The molecular formula is C13H17F2N. The summed E-state index contributed by atoms with van der Waals surface area (Å²) >= 11 is 0. The quantitative estimate of drug-likeness (QED) is 0.814. The molecule has 2 rings (SSSR count). The molecule has 0 amide bonds. The van der Waals surface area contributed by atoms with Crippen molar-refractivity contribution in [1.82, 2.24) is 5.32 Å². The van der Waals surface area contributed by atoms with Crippen molar-refractivity contribution in [3.63, 3.8) is 0 Å². The number of rotatable bonds is 2. The summed E-state index contributed by atoms with van der Waals surface area (Å²) in [7, 11) is 0. The highest BCUT2D eigenvalue weighted by Crippen LogP contribution is 2.28. The highest BCUT2D eigenvalue weighted by Gasteiger charge is 2.26. The third-order valence-corrected chi connectivity index (χ3v) is 3.15. The minimum atomic E-state index is -1.24. The summed E-state index contributed by atoms with van der Waals surface area (Å²) in [5, 5.41) is 3.12. The Morgan fingerprint density at radius 2 is 2.19 bits per heavy atom. The predicted octanol–water partition coefficient (Wildman–Crippen LogP) is 3.29. The van der Waals surface area contributed by atoms with Crippen LogP contribution in [0.2, 0.25) is 0 Å². The zero-order chi connectivity index (χ0) is 11.5. The average molecular weight is 225 g/mol. The van der Waals surface area contributed by atoms with Gasteiger partial charge in [-0.3, -0.25) is 0 Å². The van der Waals surface area contributed by atoms with Crippen LogP contribution in [-0.4, -0.2) is 12.6 Å². The highest BCUT2D eigenvalue weighted by atomic mass is 19.1. The van der Waals surface area contributed by atoms with Crippen molar-refractivity contribution in [1.29, 1.82) is 0 Å². The Bertz CT molecular complexity index is 359. The Morgan fingerprint density at radius 1 is 1.38 bits per heavy atom. The second kappa shape index (κ2) is 4.91. The highest BCUT2D eigenvalue weighted by molar-refractivity contribution is 5.27. The molecular weight excluding hydrogens is 208 g/mol. The minimum Gasteiger partial charge on any atom is -0.311 e. The lowest BCUT2D eigenvalue weighted by atomic mass is 9.95. The summed E-state index contributed by atoms with van der Waals surface area (Å²) in [4.78, 5) is 0. The van der Waals surface area contributed by atoms with Crippen molar-refractivity contribution in [2.45, 2.75) is 38.4 Å². The lowest BCUT2D eigenvalue weighted by Crippen LogP contribution is -2.37. The van der Waals surface area contributed by atoms with Gasteiger partial charge in [-0.2, -0.15) is 0 Å². The van der Waals surface area contributed by atoms with Gasteiger partial charge in [-0.15, -0.1) is 0 Å². The summed E-state index contributed by atoms with van der Waals surface area (Å²) in [5.74, 6) is -0.439. The molecule has 0 aliphatic carbocycles. The number of hydrogen-bond acceptors (Lipinski definition) is 1. The third-order valence-electron chi connectivity index (χ3n) is 3.15. The van der Waals surface area contributed by atoms with Crippen molar-refractivity contribution < 1.29 is 8.78 Å². The van der Waals surface area contributed by atoms with Gasteiger partial charge in [-0.25, -0.2) is 8.78 Å². The van der Waals surface area contributed by atoms with E-state index in [1.165, 1.54) is 6.07 Å². The summed E-state index contributed by atoms with van der Waals surface area (Å²) < 4.78 is 27.7. The molecule has 1 aromatic rings. The van der Waals surface area contributed by atoms with Crippen LogP contribution in [0.3, 0.4) is 0 Å². The smallest absolute Gasteiger partial charge is 0.143 e. The fourth-order valence-electron chi connectivity index (χ4n) is 2.22. The van der Waals surface area contributed by atoms with E-state index in [4.69, 9.17) is 0 Å². The summed E-state index contributed by atoms with van der Waals surface area (Å²) in [6.07, 6.45) is 1.65. The molecule has 0 bridgehead atoms. The Labute approximate surface area is 94.9 Å². The van der Waals surface area contributed by atoms with Gasteiger partial charge in [-0.1, -0.05) is 24.1 Å². The molecule has 2 unspecified atom stereocenters. The van der Waals surface area contributed by atoms with Crippen molar-refractivity contribution in [3.8, 4) is 0 Å². The maximum absolute atomic E-state index is 14.2. The molecule has 1 heterocycles. The van der Waals surface area contributed by atoms with Crippen LogP contribution >= 0.6 is 0 Å². The second-order valence-electron chi connectivity index (χ2n) is 4.48. The van der Waals surface area contributed by atoms with E-state index >= 15 is 0 Å². The molecule has 0 saturated carbocycles. The van der Waals surface area contributed by atoms with Crippen LogP contribution in [-0.2, 0) is 0 Å². The van der Waals surface area contributed by atoms with E-state index in [0.29, 0.717) is 0 Å². The van der Waals surface area contributed by atoms with E-state index in [1.807, 2.05) is 6.92 Å². The fourth-order valence-corrected chi connectivity index (χ4v) is 2.22. The molecule has 1 saturated heterocycles. The number of aryl methyl sites for hydroxylation is 1. The van der Waals surface area contributed by atoms with E-state index in [-0.39, 0.29) is 11.6 Å². The van der Waals surface area contributed by atoms with Gasteiger partial charge < -0.3 is 5.32 Å². The number of alkyl halides is 1. The van der Waals surface area contributed by atoms with E-state index in [0.717, 1.165) is 31.4 Å². The molecule has 3 heteroatoms. The molecule has 2 atom stereocenters. The largest absolute Gasteiger partial charge is 0.311 e. The molecule has 1 N–H and O–H groups in total. The first-order valence-corrected chi connectivity index (χ1v) is 5.82. The number of nitrogens with one attached hydrogen (secondary N) is 1. The molecule has 88 valence electrons. The van der Waals surface area contributed by atoms with Crippen LogP contribution in [0.1, 0.15) is 36.6 Å². The van der Waals surface area contributed by atoms with Crippen molar-refractivity contribution in [3.05, 3.63) is 35.1 Å². The molecule has 16 heavy (non-hydrogen) atoms. The predicted molar refractivity (Wildman–Crippen MR) is 60.6 cm³/mol. The number of halogens is 2. The molecule has 0 spiro atoms. The molecule has 0 aromatic heterocycles. The monoisotopic (exact) mass is 225 g/mol. The van der Waals surface area contributed by atoms with Crippen LogP contribution in [0.25, 0.3) is 0 Å². The second-order valence-corrected chi connectivity index (χ2v) is 4.48. The Morgan fingerprint density at radius 3 is 2.88 bits per heavy atom. The Balaban J connectivity index is 2.18. The SMILES string of the molecule is Cc1ccc(F)c(C(F)C2CCCCN2)c1. The van der Waals surface area contributed by atoms with Crippen LogP contribution in [0.5, 0.6) is 0 Å². The van der Waals surface area contributed by atoms with Gasteiger partial charge in [0.05, 0.1) is 0 Å². The van der Waals surface area contributed by atoms with Crippen LogP contribution in [0.15, 0.2) is 18.2 Å². The van der Waals surface area contributed by atoms with Crippen molar-refractivity contribution in [2.24, 2.45) is 0 Å². The van der Waals surface area contributed by atoms with Gasteiger partial charge in [0.1, 0.15) is 12.0 Å². The number of piperidine rings is 1. The maximum Gasteiger partial charge on any atom is 0.143 e. The van der Waals surface area contributed by atoms with E-state index in [9.17, 15) is 8.78 Å². The van der Waals surface area contributed by atoms with Gasteiger partial charge in [0.25, 0.3) is 0 Å². The van der Waals surface area contributed by atoms with Gasteiger partial charge in [0.2, 0.25) is 0 Å². The molecule has 1 aliphatic rings. The van der Waals surface area contributed by atoms with Gasteiger partial charge in [0, 0.05) is 11.6 Å². The third kappa shape index (κ3) is 2.40. The maximum atomic E-state index is 14.2. The van der Waals surface area contributed by atoms with Crippen LogP contribution < -0.4 is 5.32 Å². The molecule has 1 aromatic carbocycles. The topological polar surface area (TPSA) is 12.0 Å². The van der Waals surface area contributed by atoms with Gasteiger partial charge in [-0.05, 0) is 32.4 Å². The van der Waals surface area contributed by atoms with E-state index < -0.39 is 12.0 Å². The zero-order valence-corrected chi connectivity index (χ0v) is 9.47. The summed E-state index contributed by atoms with van der Waals surface area (Å²) in [6.45, 7) is 2.68. The molecule has 1 fully saturated rings. The first-order valence-electron chi connectivity index (χ1n) is 5.82. The van der Waals surface area contributed by atoms with Crippen LogP contribution in [0, 0.1) is 12.7 Å². The van der Waals surface area contributed by atoms with E-state index in [1.54, 1.807) is 12.1 Å². The Kier molecular flexibility index (Phi) is 3.54. The lowest BCUT2D eigenvalue weighted by Gasteiger charge is -2.27. The van der Waals surface area contributed by atoms with Crippen molar-refractivity contribution in [2.75, 3.05) is 6.54 Å². The summed E-state index contributed by atoms with van der Waals surface area (Å²) in [5.41, 5.74) is 1.09. The minimum absolute atomic E-state index is 0.194. The summed E-state index contributed by atoms with van der Waals surface area (Å²) in [6, 6.07) is 4.39. The van der Waals surface area contributed by atoms with Crippen molar-refractivity contribution >= 4 is 0 Å². The van der Waals surface area contributed by atoms with Crippen LogP contribution in [0.4, 0.5) is 8.78 Å². The number of benzene rings is 1. The Hall–Kier alpha value is -0.960. The number of hydrogen-bond donors (Lipinski definition) is 1. The lowest BCUT2D eigenvalue weighted by molar-refractivity contribution is 0.216. The normalized spacial score (nSPS) is 23.1. The average Bonchev–Trinajstić information content (AvgIpc) is 2.32. The molecule has 1 nitrogen and oxygen atoms in total. The van der Waals surface area contributed by atoms with Gasteiger partial charge in [0.15, 0.2) is 0 Å². The van der Waals surface area contributed by atoms with E-state index in [2.05, 4.69) is 5.32 Å². The first-order chi connectivity index (χ1) is 7.68.